The zero-order chi connectivity index (χ0) is 20.4. The van der Waals surface area contributed by atoms with Crippen LogP contribution in [0.3, 0.4) is 0 Å². The fourth-order valence-electron chi connectivity index (χ4n) is 4.40. The quantitative estimate of drug-likeness (QED) is 0.796. The molecule has 152 valence electrons. The first kappa shape index (κ1) is 19.9. The topological polar surface area (TPSA) is 66.8 Å². The highest BCUT2D eigenvalue weighted by molar-refractivity contribution is 6.33. The second kappa shape index (κ2) is 8.56. The molecular weight excluding hydrogens is 390 g/mol. The number of rotatable bonds is 4. The highest BCUT2D eigenvalue weighted by Gasteiger charge is 2.34. The Morgan fingerprint density at radius 2 is 1.79 bits per heavy atom. The third-order valence-corrected chi connectivity index (χ3v) is 6.25. The molecule has 2 aliphatic rings. The molecule has 0 radical (unpaired) electrons. The molecule has 2 aliphatic heterocycles. The molecule has 1 unspecified atom stereocenters. The van der Waals surface area contributed by atoms with E-state index in [1.54, 1.807) is 0 Å². The lowest BCUT2D eigenvalue weighted by molar-refractivity contribution is -0.141. The summed E-state index contributed by atoms with van der Waals surface area (Å²) in [6.07, 6.45) is 3.06. The number of hydrogen-bond acceptors (Lipinski definition) is 3. The fraction of sp³-hybridized carbons (Fsp3) is 0.391. The van der Waals surface area contributed by atoms with E-state index in [1.807, 2.05) is 42.5 Å². The predicted octanol–water partition coefficient (Wildman–Crippen LogP) is 4.59. The summed E-state index contributed by atoms with van der Waals surface area (Å²) in [6.45, 7) is 1.92. The fourth-order valence-corrected chi connectivity index (χ4v) is 4.64. The highest BCUT2D eigenvalue weighted by atomic mass is 35.5. The molecule has 0 aromatic heterocycles. The van der Waals surface area contributed by atoms with Gasteiger partial charge in [-0.15, -0.1) is 0 Å². The minimum atomic E-state index is -0.944. The van der Waals surface area contributed by atoms with E-state index in [1.165, 1.54) is 4.90 Å². The number of ether oxygens (including phenoxy) is 1. The number of carboxylic acids is 1. The van der Waals surface area contributed by atoms with Crippen LogP contribution in [-0.4, -0.2) is 47.7 Å². The molecular formula is C23H24ClNO4. The van der Waals surface area contributed by atoms with Gasteiger partial charge >= 0.3 is 5.97 Å². The summed E-state index contributed by atoms with van der Waals surface area (Å²) in [5.41, 5.74) is 3.50. The standard InChI is InChI=1S/C23H24ClNO4/c24-20-5-2-1-4-18(20)19-14-16(7-8-17(19)15-9-12-29-13-10-15)22(26)25-11-3-6-21(25)23(27)28/h1-2,4-5,7-8,14-15,21H,3,6,9-13H2,(H,27,28). The summed E-state index contributed by atoms with van der Waals surface area (Å²) in [5.74, 6) is -0.833. The maximum absolute atomic E-state index is 13.1. The number of hydrogen-bond donors (Lipinski definition) is 1. The number of carbonyl (C=O) groups is 2. The van der Waals surface area contributed by atoms with E-state index >= 15 is 0 Å². The lowest BCUT2D eigenvalue weighted by Gasteiger charge is -2.26. The van der Waals surface area contributed by atoms with E-state index in [9.17, 15) is 14.7 Å². The number of carbonyl (C=O) groups excluding carboxylic acids is 1. The third-order valence-electron chi connectivity index (χ3n) is 5.92. The van der Waals surface area contributed by atoms with Gasteiger partial charge in [0.15, 0.2) is 0 Å². The number of amides is 1. The molecule has 29 heavy (non-hydrogen) atoms. The molecule has 5 nitrogen and oxygen atoms in total. The maximum atomic E-state index is 13.1. The molecule has 1 N–H and O–H groups in total. The number of halogens is 1. The smallest absolute Gasteiger partial charge is 0.326 e. The highest BCUT2D eigenvalue weighted by Crippen LogP contribution is 2.38. The van der Waals surface area contributed by atoms with Gasteiger partial charge in [-0.3, -0.25) is 4.79 Å². The van der Waals surface area contributed by atoms with Gasteiger partial charge in [-0.2, -0.15) is 0 Å². The first-order chi connectivity index (χ1) is 14.1. The number of likely N-dealkylation sites (tertiary alicyclic amines) is 1. The lowest BCUT2D eigenvalue weighted by Crippen LogP contribution is -2.40. The molecule has 1 amide bonds. The van der Waals surface area contributed by atoms with Crippen LogP contribution in [0.25, 0.3) is 11.1 Å². The van der Waals surface area contributed by atoms with Crippen molar-refractivity contribution in [1.29, 1.82) is 0 Å². The summed E-state index contributed by atoms with van der Waals surface area (Å²) < 4.78 is 5.51. The monoisotopic (exact) mass is 413 g/mol. The molecule has 4 rings (SSSR count). The van der Waals surface area contributed by atoms with Crippen LogP contribution in [0, 0.1) is 0 Å². The van der Waals surface area contributed by atoms with Crippen LogP contribution in [0.15, 0.2) is 42.5 Å². The Morgan fingerprint density at radius 3 is 2.52 bits per heavy atom. The average Bonchev–Trinajstić information content (AvgIpc) is 3.24. The van der Waals surface area contributed by atoms with Crippen molar-refractivity contribution in [3.05, 3.63) is 58.6 Å². The SMILES string of the molecule is O=C(O)C1CCCN1C(=O)c1ccc(C2CCOCC2)c(-c2ccccc2Cl)c1. The van der Waals surface area contributed by atoms with Crippen molar-refractivity contribution in [3.63, 3.8) is 0 Å². The van der Waals surface area contributed by atoms with Crippen LogP contribution in [0.4, 0.5) is 0 Å². The van der Waals surface area contributed by atoms with Crippen molar-refractivity contribution < 1.29 is 19.4 Å². The molecule has 1 atom stereocenters. The Morgan fingerprint density at radius 1 is 1.03 bits per heavy atom. The van der Waals surface area contributed by atoms with Crippen molar-refractivity contribution >= 4 is 23.5 Å². The van der Waals surface area contributed by atoms with Crippen molar-refractivity contribution in [3.8, 4) is 11.1 Å². The van der Waals surface area contributed by atoms with Crippen LogP contribution in [0.2, 0.25) is 5.02 Å². The molecule has 0 aliphatic carbocycles. The summed E-state index contributed by atoms with van der Waals surface area (Å²) in [7, 11) is 0. The van der Waals surface area contributed by atoms with Crippen LogP contribution >= 0.6 is 11.6 Å². The number of carboxylic acid groups (broad SMARTS) is 1. The Balaban J connectivity index is 1.75. The third kappa shape index (κ3) is 4.02. The van der Waals surface area contributed by atoms with Gasteiger partial charge in [0.25, 0.3) is 5.91 Å². The van der Waals surface area contributed by atoms with E-state index in [2.05, 4.69) is 0 Å². The maximum Gasteiger partial charge on any atom is 0.326 e. The second-order valence-corrected chi connectivity index (χ2v) is 8.07. The normalized spacial score (nSPS) is 20.0. The largest absolute Gasteiger partial charge is 0.480 e. The number of nitrogens with zero attached hydrogens (tertiary/aromatic N) is 1. The van der Waals surface area contributed by atoms with Gasteiger partial charge in [-0.25, -0.2) is 4.79 Å². The minimum Gasteiger partial charge on any atom is -0.480 e. The van der Waals surface area contributed by atoms with Gasteiger partial charge in [-0.1, -0.05) is 35.9 Å². The van der Waals surface area contributed by atoms with Crippen LogP contribution in [0.1, 0.15) is 47.5 Å². The van der Waals surface area contributed by atoms with E-state index in [0.717, 1.165) is 42.7 Å². The van der Waals surface area contributed by atoms with Crippen LogP contribution in [0.5, 0.6) is 0 Å². The molecule has 2 aromatic rings. The van der Waals surface area contributed by atoms with Crippen molar-refractivity contribution in [2.45, 2.75) is 37.6 Å². The zero-order valence-corrected chi connectivity index (χ0v) is 16.9. The van der Waals surface area contributed by atoms with Gasteiger partial charge in [0.1, 0.15) is 6.04 Å². The summed E-state index contributed by atoms with van der Waals surface area (Å²) >= 11 is 6.50. The van der Waals surface area contributed by atoms with Gasteiger partial charge in [-0.05, 0) is 60.9 Å². The van der Waals surface area contributed by atoms with E-state index < -0.39 is 12.0 Å². The van der Waals surface area contributed by atoms with Gasteiger partial charge < -0.3 is 14.7 Å². The molecule has 0 saturated carbocycles. The Bertz CT molecular complexity index is 923. The zero-order valence-electron chi connectivity index (χ0n) is 16.1. The van der Waals surface area contributed by atoms with Crippen LogP contribution < -0.4 is 0 Å². The second-order valence-electron chi connectivity index (χ2n) is 7.66. The lowest BCUT2D eigenvalue weighted by atomic mass is 9.85. The molecule has 6 heteroatoms. The van der Waals surface area contributed by atoms with E-state index in [0.29, 0.717) is 35.9 Å². The molecule has 0 bridgehead atoms. The van der Waals surface area contributed by atoms with Crippen LogP contribution in [-0.2, 0) is 9.53 Å². The summed E-state index contributed by atoms with van der Waals surface area (Å²) in [4.78, 5) is 26.1. The van der Waals surface area contributed by atoms with Crippen molar-refractivity contribution in [2.24, 2.45) is 0 Å². The minimum absolute atomic E-state index is 0.235. The molecule has 2 saturated heterocycles. The summed E-state index contributed by atoms with van der Waals surface area (Å²) in [6, 6.07) is 12.6. The predicted molar refractivity (Wildman–Crippen MR) is 111 cm³/mol. The first-order valence-corrected chi connectivity index (χ1v) is 10.4. The Hall–Kier alpha value is -2.37. The molecule has 0 spiro atoms. The number of benzene rings is 2. The molecule has 2 heterocycles. The molecule has 2 fully saturated rings. The number of aliphatic carboxylic acids is 1. The van der Waals surface area contributed by atoms with Gasteiger partial charge in [0, 0.05) is 35.9 Å². The van der Waals surface area contributed by atoms with Gasteiger partial charge in [0.05, 0.1) is 0 Å². The van der Waals surface area contributed by atoms with Crippen molar-refractivity contribution in [2.75, 3.05) is 19.8 Å². The van der Waals surface area contributed by atoms with E-state index in [4.69, 9.17) is 16.3 Å². The Labute approximate surface area is 175 Å². The average molecular weight is 414 g/mol. The van der Waals surface area contributed by atoms with Gasteiger partial charge in [0.2, 0.25) is 0 Å². The van der Waals surface area contributed by atoms with Crippen molar-refractivity contribution in [1.82, 2.24) is 4.90 Å². The Kier molecular flexibility index (Phi) is 5.88. The first-order valence-electron chi connectivity index (χ1n) is 10.1. The summed E-state index contributed by atoms with van der Waals surface area (Å²) in [5, 5.41) is 10.1. The van der Waals surface area contributed by atoms with E-state index in [-0.39, 0.29) is 5.91 Å². The molecule has 2 aromatic carbocycles.